The molecule has 0 N–H and O–H groups in total. The second-order valence-corrected chi connectivity index (χ2v) is 2.39. The second-order valence-electron chi connectivity index (χ2n) is 2.39. The quantitative estimate of drug-likeness (QED) is 0.224. The Morgan fingerprint density at radius 2 is 2.14 bits per heavy atom. The molecule has 0 unspecified atom stereocenters. The van der Waals surface area contributed by atoms with Gasteiger partial charge in [-0.2, -0.15) is 5.26 Å². The van der Waals surface area contributed by atoms with E-state index >= 15 is 0 Å². The Bertz CT molecular complexity index is 343. The first kappa shape index (κ1) is 11.9. The van der Waals surface area contributed by atoms with Crippen molar-refractivity contribution in [2.75, 3.05) is 0 Å². The standard InChI is InChI=1S/C11H11NO2/c1-4-5-6-7-9(2)11(13)14-10(3)8-12/h4-7H,1,3H2,2H3. The number of hydrogen-bond donors (Lipinski definition) is 0. The molecule has 14 heavy (non-hydrogen) atoms. The Hall–Kier alpha value is -2.08. The molecule has 0 heterocycles. The van der Waals surface area contributed by atoms with Crippen LogP contribution in [0.4, 0.5) is 0 Å². The van der Waals surface area contributed by atoms with E-state index in [1.54, 1.807) is 37.3 Å². The summed E-state index contributed by atoms with van der Waals surface area (Å²) in [6, 6.07) is 1.62. The Labute approximate surface area is 83.3 Å². The molecule has 0 atom stereocenters. The minimum atomic E-state index is -0.578. The molecule has 3 nitrogen and oxygen atoms in total. The zero-order valence-corrected chi connectivity index (χ0v) is 7.99. The van der Waals surface area contributed by atoms with Crippen LogP contribution in [0.15, 0.2) is 48.8 Å². The van der Waals surface area contributed by atoms with E-state index in [1.807, 2.05) is 0 Å². The van der Waals surface area contributed by atoms with Crippen LogP contribution in [0.25, 0.3) is 0 Å². The summed E-state index contributed by atoms with van der Waals surface area (Å²) in [7, 11) is 0. The van der Waals surface area contributed by atoms with Gasteiger partial charge in [-0.1, -0.05) is 30.9 Å². The molecule has 0 aromatic heterocycles. The Morgan fingerprint density at radius 3 is 2.64 bits per heavy atom. The van der Waals surface area contributed by atoms with Gasteiger partial charge in [-0.05, 0) is 13.5 Å². The minimum absolute atomic E-state index is 0.213. The molecule has 0 aromatic carbocycles. The average molecular weight is 189 g/mol. The molecule has 0 fully saturated rings. The van der Waals surface area contributed by atoms with Crippen LogP contribution in [0.5, 0.6) is 0 Å². The molecule has 0 aliphatic carbocycles. The molecule has 0 bridgehead atoms. The van der Waals surface area contributed by atoms with Crippen LogP contribution in [0, 0.1) is 11.3 Å². The van der Waals surface area contributed by atoms with Crippen molar-refractivity contribution in [3.8, 4) is 6.07 Å². The number of esters is 1. The van der Waals surface area contributed by atoms with Gasteiger partial charge in [0.2, 0.25) is 5.76 Å². The van der Waals surface area contributed by atoms with Gasteiger partial charge in [0, 0.05) is 5.57 Å². The first-order chi connectivity index (χ1) is 6.61. The van der Waals surface area contributed by atoms with Gasteiger partial charge in [-0.15, -0.1) is 0 Å². The van der Waals surface area contributed by atoms with Crippen LogP contribution in [0.3, 0.4) is 0 Å². The molecular weight excluding hydrogens is 178 g/mol. The topological polar surface area (TPSA) is 50.1 Å². The second kappa shape index (κ2) is 6.44. The van der Waals surface area contributed by atoms with E-state index in [0.717, 1.165) is 0 Å². The van der Waals surface area contributed by atoms with Crippen LogP contribution in [-0.2, 0) is 9.53 Å². The summed E-state index contributed by atoms with van der Waals surface area (Å²) >= 11 is 0. The van der Waals surface area contributed by atoms with Gasteiger partial charge >= 0.3 is 5.97 Å². The highest BCUT2D eigenvalue weighted by molar-refractivity contribution is 5.89. The Balaban J connectivity index is 4.33. The van der Waals surface area contributed by atoms with Crippen molar-refractivity contribution < 1.29 is 9.53 Å². The van der Waals surface area contributed by atoms with E-state index in [-0.39, 0.29) is 5.76 Å². The van der Waals surface area contributed by atoms with Crippen LogP contribution in [-0.4, -0.2) is 5.97 Å². The minimum Gasteiger partial charge on any atom is -0.412 e. The van der Waals surface area contributed by atoms with Crippen molar-refractivity contribution in [2.45, 2.75) is 6.92 Å². The molecule has 72 valence electrons. The lowest BCUT2D eigenvalue weighted by molar-refractivity contribution is -0.134. The molecule has 0 saturated heterocycles. The monoisotopic (exact) mass is 189 g/mol. The number of allylic oxidation sites excluding steroid dienone is 5. The molecule has 0 aliphatic heterocycles. The predicted octanol–water partition coefficient (Wildman–Crippen LogP) is 2.26. The van der Waals surface area contributed by atoms with Crippen molar-refractivity contribution in [3.63, 3.8) is 0 Å². The smallest absolute Gasteiger partial charge is 0.339 e. The van der Waals surface area contributed by atoms with Gasteiger partial charge in [0.25, 0.3) is 0 Å². The van der Waals surface area contributed by atoms with Crippen molar-refractivity contribution in [1.29, 1.82) is 5.26 Å². The zero-order chi connectivity index (χ0) is 11.0. The van der Waals surface area contributed by atoms with Crippen molar-refractivity contribution in [3.05, 3.63) is 48.8 Å². The SMILES string of the molecule is C=CC=CC=C(C)C(=O)OC(=C)C#N. The third kappa shape index (κ3) is 4.73. The van der Waals surface area contributed by atoms with Crippen LogP contribution in [0.1, 0.15) is 6.92 Å². The molecule has 0 rings (SSSR count). The van der Waals surface area contributed by atoms with Gasteiger partial charge in [-0.25, -0.2) is 4.79 Å². The normalized spacial score (nSPS) is 10.7. The van der Waals surface area contributed by atoms with E-state index < -0.39 is 5.97 Å². The van der Waals surface area contributed by atoms with Crippen LogP contribution in [0.2, 0.25) is 0 Å². The predicted molar refractivity (Wildman–Crippen MR) is 53.9 cm³/mol. The maximum Gasteiger partial charge on any atom is 0.339 e. The average Bonchev–Trinajstić information content (AvgIpc) is 2.17. The lowest BCUT2D eigenvalue weighted by Crippen LogP contribution is -2.03. The van der Waals surface area contributed by atoms with Crippen molar-refractivity contribution in [1.82, 2.24) is 0 Å². The molecule has 0 radical (unpaired) electrons. The summed E-state index contributed by atoms with van der Waals surface area (Å²) in [4.78, 5) is 11.1. The lowest BCUT2D eigenvalue weighted by atomic mass is 10.3. The maximum atomic E-state index is 11.1. The Morgan fingerprint density at radius 1 is 1.50 bits per heavy atom. The van der Waals surface area contributed by atoms with Gasteiger partial charge in [-0.3, -0.25) is 0 Å². The number of nitriles is 1. The number of rotatable bonds is 4. The highest BCUT2D eigenvalue weighted by atomic mass is 16.5. The zero-order valence-electron chi connectivity index (χ0n) is 7.99. The van der Waals surface area contributed by atoms with E-state index in [2.05, 4.69) is 17.9 Å². The number of nitrogens with zero attached hydrogens (tertiary/aromatic N) is 1. The van der Waals surface area contributed by atoms with Crippen molar-refractivity contribution >= 4 is 5.97 Å². The molecule has 0 spiro atoms. The van der Waals surface area contributed by atoms with Gasteiger partial charge in [0.1, 0.15) is 6.07 Å². The van der Waals surface area contributed by atoms with Gasteiger partial charge in [0.05, 0.1) is 0 Å². The van der Waals surface area contributed by atoms with E-state index in [1.165, 1.54) is 0 Å². The van der Waals surface area contributed by atoms with Crippen LogP contribution >= 0.6 is 0 Å². The number of hydrogen-bond acceptors (Lipinski definition) is 3. The van der Waals surface area contributed by atoms with Gasteiger partial charge in [0.15, 0.2) is 0 Å². The molecule has 0 amide bonds. The molecule has 0 saturated carbocycles. The summed E-state index contributed by atoms with van der Waals surface area (Å²) in [5.41, 5.74) is 0.388. The molecule has 0 aromatic rings. The van der Waals surface area contributed by atoms with Gasteiger partial charge < -0.3 is 4.74 Å². The van der Waals surface area contributed by atoms with E-state index in [0.29, 0.717) is 5.57 Å². The Kier molecular flexibility index (Phi) is 5.48. The third-order valence-electron chi connectivity index (χ3n) is 1.26. The summed E-state index contributed by atoms with van der Waals surface area (Å²) < 4.78 is 4.57. The molecule has 0 aliphatic rings. The summed E-state index contributed by atoms with van der Waals surface area (Å²) in [5, 5.41) is 8.31. The largest absolute Gasteiger partial charge is 0.412 e. The fourth-order valence-corrected chi connectivity index (χ4v) is 0.562. The maximum absolute atomic E-state index is 11.1. The highest BCUT2D eigenvalue weighted by Crippen LogP contribution is 2.01. The first-order valence-corrected chi connectivity index (χ1v) is 3.89. The molecule has 3 heteroatoms. The van der Waals surface area contributed by atoms with Crippen molar-refractivity contribution in [2.24, 2.45) is 0 Å². The summed E-state index contributed by atoms with van der Waals surface area (Å²) in [5.74, 6) is -0.791. The summed E-state index contributed by atoms with van der Waals surface area (Å²) in [6.45, 7) is 8.28. The first-order valence-electron chi connectivity index (χ1n) is 3.89. The van der Waals surface area contributed by atoms with Crippen LogP contribution < -0.4 is 0 Å². The fourth-order valence-electron chi connectivity index (χ4n) is 0.562. The number of ether oxygens (including phenoxy) is 1. The van der Waals surface area contributed by atoms with E-state index in [9.17, 15) is 4.79 Å². The third-order valence-corrected chi connectivity index (χ3v) is 1.26. The highest BCUT2D eigenvalue weighted by Gasteiger charge is 2.05. The summed E-state index contributed by atoms with van der Waals surface area (Å²) in [6.07, 6.45) is 6.48. The van der Waals surface area contributed by atoms with E-state index in [4.69, 9.17) is 5.26 Å². The lowest BCUT2D eigenvalue weighted by Gasteiger charge is -1.99. The molecular formula is C11H11NO2. The number of carbonyl (C=O) groups excluding carboxylic acids is 1. The number of carbonyl (C=O) groups is 1. The fraction of sp³-hybridized carbons (Fsp3) is 0.0909.